The van der Waals surface area contributed by atoms with Gasteiger partial charge in [0.2, 0.25) is 11.8 Å². The second-order valence-corrected chi connectivity index (χ2v) is 6.71. The van der Waals surface area contributed by atoms with Crippen LogP contribution < -0.4 is 0 Å². The van der Waals surface area contributed by atoms with Crippen LogP contribution in [0.1, 0.15) is 40.5 Å². The van der Waals surface area contributed by atoms with Gasteiger partial charge in [-0.3, -0.25) is 9.59 Å². The molecule has 0 N–H and O–H groups in total. The molecule has 2 amide bonds. The van der Waals surface area contributed by atoms with E-state index < -0.39 is 0 Å². The van der Waals surface area contributed by atoms with E-state index in [1.165, 1.54) is 0 Å². The summed E-state index contributed by atoms with van der Waals surface area (Å²) in [6.07, 6.45) is 1.46. The van der Waals surface area contributed by atoms with E-state index in [1.807, 2.05) is 23.6 Å². The summed E-state index contributed by atoms with van der Waals surface area (Å²) in [5.41, 5.74) is 0.232. The molecule has 18 heavy (non-hydrogen) atoms. The summed E-state index contributed by atoms with van der Waals surface area (Å²) in [5.74, 6) is 0.188. The van der Waals surface area contributed by atoms with Crippen molar-refractivity contribution in [1.82, 2.24) is 9.80 Å². The smallest absolute Gasteiger partial charge is 0.228 e. The number of hydrogen-bond donors (Lipinski definition) is 0. The van der Waals surface area contributed by atoms with Crippen LogP contribution in [0.3, 0.4) is 0 Å². The average Bonchev–Trinajstić information content (AvgIpc) is 2.80. The van der Waals surface area contributed by atoms with Gasteiger partial charge in [0.05, 0.1) is 5.92 Å². The average molecular weight is 252 g/mol. The highest BCUT2D eigenvalue weighted by molar-refractivity contribution is 5.89. The first-order chi connectivity index (χ1) is 8.30. The lowest BCUT2D eigenvalue weighted by molar-refractivity contribution is -0.135. The molecule has 4 nitrogen and oxygen atoms in total. The van der Waals surface area contributed by atoms with Gasteiger partial charge in [0.25, 0.3) is 0 Å². The molecule has 2 saturated heterocycles. The first-order valence-corrected chi connectivity index (χ1v) is 6.88. The van der Waals surface area contributed by atoms with Crippen LogP contribution in [0.5, 0.6) is 0 Å². The van der Waals surface area contributed by atoms with Gasteiger partial charge < -0.3 is 9.80 Å². The Morgan fingerprint density at radius 3 is 2.50 bits per heavy atom. The Labute approximate surface area is 109 Å². The first-order valence-electron chi connectivity index (χ1n) is 6.88. The molecule has 1 atom stereocenters. The number of amides is 2. The van der Waals surface area contributed by atoms with Gasteiger partial charge in [0, 0.05) is 32.1 Å². The van der Waals surface area contributed by atoms with Gasteiger partial charge in [-0.1, -0.05) is 13.8 Å². The first kappa shape index (κ1) is 13.4. The van der Waals surface area contributed by atoms with E-state index in [9.17, 15) is 9.59 Å². The largest absolute Gasteiger partial charge is 0.342 e. The van der Waals surface area contributed by atoms with E-state index in [0.29, 0.717) is 13.0 Å². The van der Waals surface area contributed by atoms with Crippen molar-refractivity contribution in [3.05, 3.63) is 0 Å². The van der Waals surface area contributed by atoms with Crippen molar-refractivity contribution < 1.29 is 9.59 Å². The molecule has 2 aliphatic heterocycles. The maximum Gasteiger partial charge on any atom is 0.228 e. The third-order valence-corrected chi connectivity index (χ3v) is 4.12. The predicted octanol–water partition coefficient (Wildman–Crippen LogP) is 1.50. The molecule has 0 spiro atoms. The number of carbonyl (C=O) groups is 2. The summed E-state index contributed by atoms with van der Waals surface area (Å²) in [5, 5.41) is 0. The maximum atomic E-state index is 12.4. The summed E-state index contributed by atoms with van der Waals surface area (Å²) >= 11 is 0. The SMILES string of the molecule is CC(C)N1C[C@H](C(=O)N2CCC(C)(C)C2)CC1=O. The topological polar surface area (TPSA) is 40.6 Å². The van der Waals surface area contributed by atoms with E-state index in [4.69, 9.17) is 0 Å². The maximum absolute atomic E-state index is 12.4. The predicted molar refractivity (Wildman–Crippen MR) is 69.9 cm³/mol. The summed E-state index contributed by atoms with van der Waals surface area (Å²) in [6, 6.07) is 0.199. The Bertz CT molecular complexity index is 363. The summed E-state index contributed by atoms with van der Waals surface area (Å²) in [7, 11) is 0. The van der Waals surface area contributed by atoms with Crippen LogP contribution in [-0.4, -0.2) is 47.3 Å². The fraction of sp³-hybridized carbons (Fsp3) is 0.857. The molecule has 2 fully saturated rings. The van der Waals surface area contributed by atoms with Crippen LogP contribution in [0.2, 0.25) is 0 Å². The number of hydrogen-bond acceptors (Lipinski definition) is 2. The monoisotopic (exact) mass is 252 g/mol. The van der Waals surface area contributed by atoms with Crippen LogP contribution in [0, 0.1) is 11.3 Å². The molecule has 4 heteroatoms. The van der Waals surface area contributed by atoms with Gasteiger partial charge >= 0.3 is 0 Å². The normalized spacial score (nSPS) is 27.4. The molecule has 0 aliphatic carbocycles. The molecule has 0 radical (unpaired) electrons. The Morgan fingerprint density at radius 1 is 1.39 bits per heavy atom. The second kappa shape index (κ2) is 4.56. The van der Waals surface area contributed by atoms with Crippen molar-refractivity contribution in [2.24, 2.45) is 11.3 Å². The lowest BCUT2D eigenvalue weighted by atomic mass is 9.93. The minimum Gasteiger partial charge on any atom is -0.342 e. The van der Waals surface area contributed by atoms with E-state index in [1.54, 1.807) is 0 Å². The third-order valence-electron chi connectivity index (χ3n) is 4.12. The van der Waals surface area contributed by atoms with Gasteiger partial charge in [-0.25, -0.2) is 0 Å². The molecule has 2 rings (SSSR count). The number of carbonyl (C=O) groups excluding carboxylic acids is 2. The second-order valence-electron chi connectivity index (χ2n) is 6.71. The molecular weight excluding hydrogens is 228 g/mol. The van der Waals surface area contributed by atoms with Crippen LogP contribution in [0.15, 0.2) is 0 Å². The minimum absolute atomic E-state index is 0.117. The molecule has 2 aliphatic rings. The van der Waals surface area contributed by atoms with Gasteiger partial charge in [0.15, 0.2) is 0 Å². The van der Waals surface area contributed by atoms with Crippen molar-refractivity contribution in [1.29, 1.82) is 0 Å². The highest BCUT2D eigenvalue weighted by Crippen LogP contribution is 2.31. The zero-order chi connectivity index (χ0) is 13.5. The van der Waals surface area contributed by atoms with Crippen LogP contribution in [0.25, 0.3) is 0 Å². The molecule has 0 aromatic rings. The van der Waals surface area contributed by atoms with Crippen molar-refractivity contribution in [2.45, 2.75) is 46.6 Å². The molecule has 0 bridgehead atoms. The van der Waals surface area contributed by atoms with E-state index in [0.717, 1.165) is 19.5 Å². The molecule has 2 heterocycles. The van der Waals surface area contributed by atoms with Crippen molar-refractivity contribution >= 4 is 11.8 Å². The van der Waals surface area contributed by atoms with Crippen molar-refractivity contribution in [3.63, 3.8) is 0 Å². The standard InChI is InChI=1S/C14H24N2O2/c1-10(2)16-8-11(7-12(16)17)13(18)15-6-5-14(3,4)9-15/h10-11H,5-9H2,1-4H3/t11-/m1/s1. The summed E-state index contributed by atoms with van der Waals surface area (Å²) in [6.45, 7) is 10.7. The molecular formula is C14H24N2O2. The Morgan fingerprint density at radius 2 is 2.06 bits per heavy atom. The highest BCUT2D eigenvalue weighted by atomic mass is 16.2. The quantitative estimate of drug-likeness (QED) is 0.747. The lowest BCUT2D eigenvalue weighted by Crippen LogP contribution is -2.38. The Hall–Kier alpha value is -1.06. The molecule has 0 aromatic heterocycles. The van der Waals surface area contributed by atoms with Gasteiger partial charge in [-0.2, -0.15) is 0 Å². The molecule has 0 saturated carbocycles. The fourth-order valence-corrected chi connectivity index (χ4v) is 2.95. The molecule has 0 unspecified atom stereocenters. The number of nitrogens with zero attached hydrogens (tertiary/aromatic N) is 2. The third kappa shape index (κ3) is 2.52. The van der Waals surface area contributed by atoms with Crippen molar-refractivity contribution in [2.75, 3.05) is 19.6 Å². The lowest BCUT2D eigenvalue weighted by Gasteiger charge is -2.24. The summed E-state index contributed by atoms with van der Waals surface area (Å²) < 4.78 is 0. The van der Waals surface area contributed by atoms with Crippen molar-refractivity contribution in [3.8, 4) is 0 Å². The van der Waals surface area contributed by atoms with E-state index in [-0.39, 0.29) is 29.2 Å². The van der Waals surface area contributed by atoms with Gasteiger partial charge in [0.1, 0.15) is 0 Å². The number of likely N-dealkylation sites (tertiary alicyclic amines) is 2. The number of rotatable bonds is 2. The van der Waals surface area contributed by atoms with E-state index >= 15 is 0 Å². The van der Waals surface area contributed by atoms with Gasteiger partial charge in [-0.05, 0) is 25.7 Å². The van der Waals surface area contributed by atoms with Crippen LogP contribution in [-0.2, 0) is 9.59 Å². The molecule has 102 valence electrons. The fourth-order valence-electron chi connectivity index (χ4n) is 2.95. The summed E-state index contributed by atoms with van der Waals surface area (Å²) in [4.78, 5) is 28.0. The molecule has 0 aromatic carbocycles. The van der Waals surface area contributed by atoms with Gasteiger partial charge in [-0.15, -0.1) is 0 Å². The van der Waals surface area contributed by atoms with E-state index in [2.05, 4.69) is 13.8 Å². The zero-order valence-corrected chi connectivity index (χ0v) is 11.9. The Balaban J connectivity index is 1.98. The zero-order valence-electron chi connectivity index (χ0n) is 11.9. The van der Waals surface area contributed by atoms with Crippen LogP contribution >= 0.6 is 0 Å². The highest BCUT2D eigenvalue weighted by Gasteiger charge is 2.40. The Kier molecular flexibility index (Phi) is 3.39. The van der Waals surface area contributed by atoms with Crippen LogP contribution in [0.4, 0.5) is 0 Å². The minimum atomic E-state index is -0.117.